The van der Waals surface area contributed by atoms with Crippen LogP contribution in [-0.4, -0.2) is 22.9 Å². The van der Waals surface area contributed by atoms with Crippen LogP contribution in [0, 0.1) is 5.82 Å². The van der Waals surface area contributed by atoms with Crippen LogP contribution >= 0.6 is 0 Å². The number of carbonyl (C=O) groups excluding carboxylic acids is 1. The summed E-state index contributed by atoms with van der Waals surface area (Å²) < 4.78 is 13.6. The van der Waals surface area contributed by atoms with E-state index in [9.17, 15) is 9.18 Å². The number of halogens is 1. The van der Waals surface area contributed by atoms with Gasteiger partial charge in [0.1, 0.15) is 23.7 Å². The molecule has 1 aromatic heterocycles. The highest BCUT2D eigenvalue weighted by Crippen LogP contribution is 2.13. The average molecular weight is 350 g/mol. The fraction of sp³-hybridized carbons (Fsp3) is 0.150. The molecule has 132 valence electrons. The first kappa shape index (κ1) is 17.5. The molecule has 0 saturated heterocycles. The highest BCUT2D eigenvalue weighted by molar-refractivity contribution is 5.92. The van der Waals surface area contributed by atoms with Gasteiger partial charge in [-0.25, -0.2) is 14.4 Å². The van der Waals surface area contributed by atoms with Crippen molar-refractivity contribution in [1.29, 1.82) is 0 Å². The molecule has 0 aliphatic rings. The number of benzene rings is 2. The van der Waals surface area contributed by atoms with Crippen LogP contribution in [0.1, 0.15) is 21.6 Å². The van der Waals surface area contributed by atoms with Gasteiger partial charge in [0, 0.05) is 31.8 Å². The van der Waals surface area contributed by atoms with Gasteiger partial charge in [0.25, 0.3) is 5.91 Å². The lowest BCUT2D eigenvalue weighted by atomic mass is 10.2. The van der Waals surface area contributed by atoms with Gasteiger partial charge < -0.3 is 10.2 Å². The Labute approximate surface area is 151 Å². The van der Waals surface area contributed by atoms with Crippen LogP contribution in [0.4, 0.5) is 10.2 Å². The van der Waals surface area contributed by atoms with Crippen LogP contribution in [0.3, 0.4) is 0 Å². The minimum Gasteiger partial charge on any atom is -0.355 e. The van der Waals surface area contributed by atoms with Gasteiger partial charge in [-0.2, -0.15) is 0 Å². The van der Waals surface area contributed by atoms with E-state index in [1.165, 1.54) is 12.4 Å². The molecule has 0 unspecified atom stereocenters. The standard InChI is InChI=1S/C20H19FN4O/c1-25(13-15-7-3-2-4-8-15)19-11-18(23-14-24-19)20(26)22-12-16-9-5-6-10-17(16)21/h2-11,14H,12-13H2,1H3,(H,22,26). The highest BCUT2D eigenvalue weighted by Gasteiger charge is 2.12. The molecule has 26 heavy (non-hydrogen) atoms. The van der Waals surface area contributed by atoms with E-state index < -0.39 is 0 Å². The van der Waals surface area contributed by atoms with E-state index in [4.69, 9.17) is 0 Å². The Morgan fingerprint density at radius 2 is 1.81 bits per heavy atom. The summed E-state index contributed by atoms with van der Waals surface area (Å²) in [6.07, 6.45) is 1.36. The normalized spacial score (nSPS) is 10.4. The molecule has 0 radical (unpaired) electrons. The van der Waals surface area contributed by atoms with Crippen molar-refractivity contribution in [2.45, 2.75) is 13.1 Å². The van der Waals surface area contributed by atoms with Crippen LogP contribution in [0.5, 0.6) is 0 Å². The van der Waals surface area contributed by atoms with Gasteiger partial charge in [-0.15, -0.1) is 0 Å². The quantitative estimate of drug-likeness (QED) is 0.742. The van der Waals surface area contributed by atoms with Crippen molar-refractivity contribution in [3.8, 4) is 0 Å². The summed E-state index contributed by atoms with van der Waals surface area (Å²) in [4.78, 5) is 22.5. The van der Waals surface area contributed by atoms with Crippen molar-refractivity contribution in [2.75, 3.05) is 11.9 Å². The molecule has 5 nitrogen and oxygen atoms in total. The van der Waals surface area contributed by atoms with Crippen molar-refractivity contribution in [2.24, 2.45) is 0 Å². The first-order chi connectivity index (χ1) is 12.6. The third-order valence-corrected chi connectivity index (χ3v) is 3.94. The molecule has 0 atom stereocenters. The topological polar surface area (TPSA) is 58.1 Å². The molecule has 2 aromatic carbocycles. The van der Waals surface area contributed by atoms with Crippen molar-refractivity contribution in [1.82, 2.24) is 15.3 Å². The van der Waals surface area contributed by atoms with Crippen molar-refractivity contribution < 1.29 is 9.18 Å². The predicted octanol–water partition coefficient (Wildman–Crippen LogP) is 3.18. The van der Waals surface area contributed by atoms with Gasteiger partial charge in [0.05, 0.1) is 0 Å². The van der Waals surface area contributed by atoms with E-state index in [1.54, 1.807) is 24.3 Å². The zero-order chi connectivity index (χ0) is 18.4. The Kier molecular flexibility index (Phi) is 5.53. The summed E-state index contributed by atoms with van der Waals surface area (Å²) in [6.45, 7) is 0.763. The average Bonchev–Trinajstić information content (AvgIpc) is 2.68. The maximum Gasteiger partial charge on any atom is 0.270 e. The maximum absolute atomic E-state index is 13.6. The molecule has 1 N–H and O–H groups in total. The Morgan fingerprint density at radius 3 is 2.58 bits per heavy atom. The number of amides is 1. The molecule has 6 heteroatoms. The number of nitrogens with one attached hydrogen (secondary N) is 1. The molecular weight excluding hydrogens is 331 g/mol. The summed E-state index contributed by atoms with van der Waals surface area (Å²) in [5.41, 5.74) is 1.81. The molecule has 3 rings (SSSR count). The van der Waals surface area contributed by atoms with Crippen LogP contribution in [0.2, 0.25) is 0 Å². The summed E-state index contributed by atoms with van der Waals surface area (Å²) >= 11 is 0. The van der Waals surface area contributed by atoms with Gasteiger partial charge in [-0.1, -0.05) is 48.5 Å². The molecule has 0 bridgehead atoms. The number of nitrogens with zero attached hydrogens (tertiary/aromatic N) is 3. The van der Waals surface area contributed by atoms with Crippen LogP contribution in [-0.2, 0) is 13.1 Å². The van der Waals surface area contributed by atoms with Crippen LogP contribution < -0.4 is 10.2 Å². The third kappa shape index (κ3) is 4.42. The van der Waals surface area contributed by atoms with Gasteiger partial charge in [0.2, 0.25) is 0 Å². The molecular formula is C20H19FN4O. The molecule has 3 aromatic rings. The second kappa shape index (κ2) is 8.20. The number of rotatable bonds is 6. The lowest BCUT2D eigenvalue weighted by molar-refractivity contribution is 0.0945. The van der Waals surface area contributed by atoms with E-state index in [0.29, 0.717) is 17.9 Å². The minimum absolute atomic E-state index is 0.102. The van der Waals surface area contributed by atoms with Gasteiger partial charge in [-0.3, -0.25) is 4.79 Å². The molecule has 0 aliphatic heterocycles. The fourth-order valence-corrected chi connectivity index (χ4v) is 2.53. The van der Waals surface area contributed by atoms with Crippen LogP contribution in [0.25, 0.3) is 0 Å². The smallest absolute Gasteiger partial charge is 0.270 e. The predicted molar refractivity (Wildman–Crippen MR) is 98.2 cm³/mol. The largest absolute Gasteiger partial charge is 0.355 e. The number of anilines is 1. The Bertz CT molecular complexity index is 886. The molecule has 0 spiro atoms. The van der Waals surface area contributed by atoms with Crippen molar-refractivity contribution in [3.05, 3.63) is 89.6 Å². The molecule has 1 heterocycles. The second-order valence-electron chi connectivity index (χ2n) is 5.88. The maximum atomic E-state index is 13.6. The lowest BCUT2D eigenvalue weighted by Gasteiger charge is -2.18. The van der Waals surface area contributed by atoms with Crippen molar-refractivity contribution in [3.63, 3.8) is 0 Å². The van der Waals surface area contributed by atoms with E-state index in [1.807, 2.05) is 42.3 Å². The monoisotopic (exact) mass is 350 g/mol. The Hall–Kier alpha value is -3.28. The summed E-state index contributed by atoms with van der Waals surface area (Å²) in [7, 11) is 1.90. The number of hydrogen-bond acceptors (Lipinski definition) is 4. The van der Waals surface area contributed by atoms with Gasteiger partial charge in [-0.05, 0) is 11.6 Å². The lowest BCUT2D eigenvalue weighted by Crippen LogP contribution is -2.25. The Morgan fingerprint density at radius 1 is 1.08 bits per heavy atom. The summed E-state index contributed by atoms with van der Waals surface area (Å²) in [5.74, 6) is -0.0799. The second-order valence-corrected chi connectivity index (χ2v) is 5.88. The molecule has 0 fully saturated rings. The number of hydrogen-bond donors (Lipinski definition) is 1. The SMILES string of the molecule is CN(Cc1ccccc1)c1cc(C(=O)NCc2ccccc2F)ncn1. The van der Waals surface area contributed by atoms with Gasteiger partial charge in [0.15, 0.2) is 0 Å². The zero-order valence-corrected chi connectivity index (χ0v) is 14.4. The third-order valence-electron chi connectivity index (χ3n) is 3.94. The number of aromatic nitrogens is 2. The van der Waals surface area contributed by atoms with E-state index >= 15 is 0 Å². The van der Waals surface area contributed by atoms with Crippen LogP contribution in [0.15, 0.2) is 67.0 Å². The van der Waals surface area contributed by atoms with Gasteiger partial charge >= 0.3 is 0 Å². The zero-order valence-electron chi connectivity index (χ0n) is 14.4. The molecule has 0 saturated carbocycles. The first-order valence-corrected chi connectivity index (χ1v) is 8.22. The van der Waals surface area contributed by atoms with E-state index in [0.717, 1.165) is 5.56 Å². The van der Waals surface area contributed by atoms with E-state index in [-0.39, 0.29) is 24.0 Å². The summed E-state index contributed by atoms with van der Waals surface area (Å²) in [6, 6.07) is 17.9. The Balaban J connectivity index is 1.66. The summed E-state index contributed by atoms with van der Waals surface area (Å²) in [5, 5.41) is 2.68. The van der Waals surface area contributed by atoms with E-state index in [2.05, 4.69) is 15.3 Å². The number of carbonyl (C=O) groups is 1. The first-order valence-electron chi connectivity index (χ1n) is 8.22. The minimum atomic E-state index is -0.370. The van der Waals surface area contributed by atoms with Crippen molar-refractivity contribution >= 4 is 11.7 Å². The highest BCUT2D eigenvalue weighted by atomic mass is 19.1. The molecule has 0 aliphatic carbocycles. The molecule has 1 amide bonds. The fourth-order valence-electron chi connectivity index (χ4n) is 2.53.